The molecule has 2 aromatic carbocycles. The molecule has 4 heterocycles. The maximum absolute atomic E-state index is 14.8. The summed E-state index contributed by atoms with van der Waals surface area (Å²) in [7, 11) is 0. The first-order valence-electron chi connectivity index (χ1n) is 13.6. The van der Waals surface area contributed by atoms with E-state index in [0.717, 1.165) is 42.6 Å². The molecule has 2 amide bonds. The predicted octanol–water partition coefficient (Wildman–Crippen LogP) is 5.34. The van der Waals surface area contributed by atoms with E-state index in [1.54, 1.807) is 13.0 Å². The Balaban J connectivity index is 1.58. The van der Waals surface area contributed by atoms with Gasteiger partial charge in [0.15, 0.2) is 5.96 Å². The van der Waals surface area contributed by atoms with Crippen LogP contribution < -0.4 is 15.8 Å². The Morgan fingerprint density at radius 3 is 2.71 bits per heavy atom. The molecule has 0 aromatic heterocycles. The molecule has 6 bridgehead atoms. The maximum Gasteiger partial charge on any atom is 0.251 e. The van der Waals surface area contributed by atoms with E-state index in [9.17, 15) is 14.0 Å². The van der Waals surface area contributed by atoms with Crippen molar-refractivity contribution >= 4 is 17.8 Å². The molecule has 3 atom stereocenters. The Labute approximate surface area is 223 Å². The van der Waals surface area contributed by atoms with E-state index in [1.165, 1.54) is 17.0 Å². The third-order valence-corrected chi connectivity index (χ3v) is 8.25. The van der Waals surface area contributed by atoms with Crippen LogP contribution in [0.4, 0.5) is 4.39 Å². The predicted molar refractivity (Wildman–Crippen MR) is 144 cm³/mol. The molecule has 7 nitrogen and oxygen atoms in total. The molecule has 3 N–H and O–H groups in total. The Morgan fingerprint density at radius 2 is 1.97 bits per heavy atom. The molecule has 0 aliphatic carbocycles. The first-order chi connectivity index (χ1) is 18.0. The molecule has 0 fully saturated rings. The molecule has 202 valence electrons. The van der Waals surface area contributed by atoms with Crippen molar-refractivity contribution in [3.63, 3.8) is 0 Å². The van der Waals surface area contributed by atoms with Crippen LogP contribution in [-0.4, -0.2) is 33.8 Å². The van der Waals surface area contributed by atoms with Gasteiger partial charge < -0.3 is 15.8 Å². The number of nitrogens with one attached hydrogen (secondary N) is 1. The van der Waals surface area contributed by atoms with Crippen LogP contribution in [0.1, 0.15) is 105 Å². The number of carbonyl (C=O) groups is 2. The van der Waals surface area contributed by atoms with E-state index in [2.05, 4.69) is 17.4 Å². The van der Waals surface area contributed by atoms with Crippen molar-refractivity contribution in [1.82, 2.24) is 10.2 Å². The number of aryl methyl sites for hydroxylation is 1. The molecule has 0 saturated carbocycles. The molecule has 0 radical (unpaired) electrons. The van der Waals surface area contributed by atoms with Gasteiger partial charge in [-0.25, -0.2) is 9.38 Å². The molecule has 0 unspecified atom stereocenters. The van der Waals surface area contributed by atoms with E-state index in [1.807, 2.05) is 26.8 Å². The minimum Gasteiger partial charge on any atom is -0.487 e. The van der Waals surface area contributed by atoms with Crippen LogP contribution >= 0.6 is 0 Å². The number of halogens is 1. The van der Waals surface area contributed by atoms with E-state index in [4.69, 9.17) is 15.5 Å². The normalized spacial score (nSPS) is 27.1. The number of rotatable bonds is 1. The molecule has 0 spiro atoms. The smallest absolute Gasteiger partial charge is 0.251 e. The number of fused-ring (bicyclic) bond motifs is 5. The lowest BCUT2D eigenvalue weighted by Gasteiger charge is -2.40. The van der Waals surface area contributed by atoms with Crippen LogP contribution in [0.5, 0.6) is 5.75 Å². The summed E-state index contributed by atoms with van der Waals surface area (Å²) in [5, 5.41) is 3.13. The lowest BCUT2D eigenvalue weighted by molar-refractivity contribution is -0.131. The molecule has 4 aliphatic heterocycles. The monoisotopic (exact) mass is 520 g/mol. The van der Waals surface area contributed by atoms with Gasteiger partial charge in [0.2, 0.25) is 5.91 Å². The Morgan fingerprint density at radius 1 is 1.18 bits per heavy atom. The summed E-state index contributed by atoms with van der Waals surface area (Å²) in [6.07, 6.45) is 5.02. The molecule has 8 heteroatoms. The molecular weight excluding hydrogens is 483 g/mol. The van der Waals surface area contributed by atoms with Gasteiger partial charge in [-0.05, 0) is 81.8 Å². The third-order valence-electron chi connectivity index (χ3n) is 8.25. The SMILES string of the molecule is CC[C@@]12CCCCc3ccc4c(c3)[C@H](CC(C)(C)O4)NC(=O)c3cc(F)cc(c3)[C@@H](C)N(C(=O)C1)C(N)=N2. The van der Waals surface area contributed by atoms with Crippen molar-refractivity contribution in [2.45, 2.75) is 95.9 Å². The van der Waals surface area contributed by atoms with Crippen LogP contribution in [0, 0.1) is 5.82 Å². The van der Waals surface area contributed by atoms with Crippen LogP contribution in [-0.2, 0) is 11.2 Å². The van der Waals surface area contributed by atoms with Crippen molar-refractivity contribution < 1.29 is 18.7 Å². The van der Waals surface area contributed by atoms with Gasteiger partial charge in [-0.2, -0.15) is 0 Å². The summed E-state index contributed by atoms with van der Waals surface area (Å²) in [6, 6.07) is 9.53. The Kier molecular flexibility index (Phi) is 6.70. The average molecular weight is 521 g/mol. The fourth-order valence-electron chi connectivity index (χ4n) is 6.12. The quantitative estimate of drug-likeness (QED) is 0.530. The van der Waals surface area contributed by atoms with Crippen molar-refractivity contribution in [3.05, 3.63) is 64.5 Å². The number of amides is 2. The number of hydrogen-bond acceptors (Lipinski definition) is 5. The second kappa shape index (κ2) is 9.71. The zero-order chi connectivity index (χ0) is 27.2. The number of hydrogen-bond donors (Lipinski definition) is 2. The summed E-state index contributed by atoms with van der Waals surface area (Å²) >= 11 is 0. The second-order valence-electron chi connectivity index (χ2n) is 11.6. The van der Waals surface area contributed by atoms with Gasteiger partial charge in [0.05, 0.1) is 24.0 Å². The highest BCUT2D eigenvalue weighted by Gasteiger charge is 2.40. The zero-order valence-electron chi connectivity index (χ0n) is 22.6. The van der Waals surface area contributed by atoms with E-state index in [-0.39, 0.29) is 35.8 Å². The molecule has 4 aliphatic rings. The lowest BCUT2D eigenvalue weighted by atomic mass is 9.84. The number of nitrogens with two attached hydrogens (primary N) is 1. The highest BCUT2D eigenvalue weighted by atomic mass is 19.1. The molecule has 0 saturated heterocycles. The number of nitrogens with zero attached hydrogens (tertiary/aromatic N) is 2. The van der Waals surface area contributed by atoms with E-state index in [0.29, 0.717) is 18.4 Å². The largest absolute Gasteiger partial charge is 0.487 e. The molecule has 2 aromatic rings. The van der Waals surface area contributed by atoms with Crippen molar-refractivity contribution in [2.24, 2.45) is 10.7 Å². The van der Waals surface area contributed by atoms with Gasteiger partial charge in [0.25, 0.3) is 5.91 Å². The van der Waals surface area contributed by atoms with Crippen molar-refractivity contribution in [3.8, 4) is 5.75 Å². The van der Waals surface area contributed by atoms with Crippen molar-refractivity contribution in [1.29, 1.82) is 0 Å². The summed E-state index contributed by atoms with van der Waals surface area (Å²) in [5.41, 5.74) is 8.16. The summed E-state index contributed by atoms with van der Waals surface area (Å²) in [6.45, 7) is 7.82. The zero-order valence-corrected chi connectivity index (χ0v) is 22.6. The van der Waals surface area contributed by atoms with Gasteiger partial charge in [0, 0.05) is 17.5 Å². The van der Waals surface area contributed by atoms with E-state index < -0.39 is 23.0 Å². The standard InChI is InChI=1S/C30H37FN4O3/c1-5-30-11-7-6-8-19-9-10-25-23(12-19)24(16-29(3,4)38-25)33-27(37)21-13-20(14-22(31)15-21)18(2)35(26(36)17-30)28(32)34-30/h9-10,12-15,18,24H,5-8,11,16-17H2,1-4H3,(H2,32,34)(H,33,37)/t18-,24+,30-/m1/s1. The van der Waals surface area contributed by atoms with Crippen LogP contribution in [0.15, 0.2) is 41.4 Å². The van der Waals surface area contributed by atoms with Gasteiger partial charge in [-0.1, -0.05) is 25.5 Å². The van der Waals surface area contributed by atoms with Crippen LogP contribution in [0.25, 0.3) is 0 Å². The van der Waals surface area contributed by atoms with Crippen LogP contribution in [0.2, 0.25) is 0 Å². The average Bonchev–Trinajstić information content (AvgIpc) is 2.85. The number of aliphatic imine (C=N–C) groups is 1. The first-order valence-corrected chi connectivity index (χ1v) is 13.6. The van der Waals surface area contributed by atoms with Gasteiger partial charge in [0.1, 0.15) is 17.2 Å². The van der Waals surface area contributed by atoms with Gasteiger partial charge in [-0.15, -0.1) is 0 Å². The Bertz CT molecular complexity index is 1310. The first kappa shape index (κ1) is 26.2. The summed E-state index contributed by atoms with van der Waals surface area (Å²) < 4.78 is 21.1. The molecule has 6 rings (SSSR count). The second-order valence-corrected chi connectivity index (χ2v) is 11.6. The lowest BCUT2D eigenvalue weighted by Crippen LogP contribution is -2.52. The number of ether oxygens (including phenoxy) is 1. The Hall–Kier alpha value is -3.42. The maximum atomic E-state index is 14.8. The van der Waals surface area contributed by atoms with E-state index >= 15 is 0 Å². The topological polar surface area (TPSA) is 97.0 Å². The molecule has 38 heavy (non-hydrogen) atoms. The van der Waals surface area contributed by atoms with Gasteiger partial charge in [-0.3, -0.25) is 14.5 Å². The number of benzene rings is 2. The fourth-order valence-corrected chi connectivity index (χ4v) is 6.12. The molecular formula is C30H37FN4O3. The highest BCUT2D eigenvalue weighted by Crippen LogP contribution is 2.41. The summed E-state index contributed by atoms with van der Waals surface area (Å²) in [5.74, 6) is -0.150. The number of guanidine groups is 1. The minimum absolute atomic E-state index is 0.132. The highest BCUT2D eigenvalue weighted by molar-refractivity contribution is 5.99. The van der Waals surface area contributed by atoms with Gasteiger partial charge >= 0.3 is 0 Å². The summed E-state index contributed by atoms with van der Waals surface area (Å²) in [4.78, 5) is 33.1. The third kappa shape index (κ3) is 5.00. The van der Waals surface area contributed by atoms with Crippen LogP contribution in [0.3, 0.4) is 0 Å². The fraction of sp³-hybridized carbons (Fsp3) is 0.500. The minimum atomic E-state index is -0.576. The number of carbonyl (C=O) groups excluding carboxylic acids is 2. The van der Waals surface area contributed by atoms with Crippen molar-refractivity contribution in [2.75, 3.05) is 0 Å².